The molecule has 0 spiro atoms. The van der Waals surface area contributed by atoms with Gasteiger partial charge in [0.05, 0.1) is 21.7 Å². The van der Waals surface area contributed by atoms with E-state index < -0.39 is 29.1 Å². The third-order valence-corrected chi connectivity index (χ3v) is 3.21. The number of carbonyl (C=O) groups excluding carboxylic acids is 2. The van der Waals surface area contributed by atoms with E-state index in [1.165, 1.54) is 24.3 Å². The first-order chi connectivity index (χ1) is 10.8. The van der Waals surface area contributed by atoms with Crippen molar-refractivity contribution in [2.75, 3.05) is 0 Å². The zero-order valence-corrected chi connectivity index (χ0v) is 12.2. The maximum absolute atomic E-state index is 12.8. The van der Waals surface area contributed by atoms with E-state index in [-0.39, 0.29) is 10.6 Å². The third kappa shape index (κ3) is 4.01. The van der Waals surface area contributed by atoms with Crippen molar-refractivity contribution in [2.24, 2.45) is 0 Å². The first-order valence-corrected chi connectivity index (χ1v) is 6.70. The van der Waals surface area contributed by atoms with Crippen molar-refractivity contribution in [1.82, 2.24) is 10.9 Å². The van der Waals surface area contributed by atoms with Gasteiger partial charge in [-0.15, -0.1) is 0 Å². The largest absolute Gasteiger partial charge is 0.417 e. The Morgan fingerprint density at radius 2 is 1.30 bits per heavy atom. The molecule has 0 aliphatic rings. The zero-order chi connectivity index (χ0) is 17.0. The molecule has 0 bridgehead atoms. The normalized spacial score (nSPS) is 11.0. The van der Waals surface area contributed by atoms with Crippen LogP contribution in [0.15, 0.2) is 48.5 Å². The molecule has 120 valence electrons. The molecule has 0 atom stereocenters. The van der Waals surface area contributed by atoms with Gasteiger partial charge in [-0.05, 0) is 24.3 Å². The Balaban J connectivity index is 2.12. The van der Waals surface area contributed by atoms with Crippen molar-refractivity contribution in [3.8, 4) is 0 Å². The maximum atomic E-state index is 12.8. The number of hydrogen-bond donors (Lipinski definition) is 2. The maximum Gasteiger partial charge on any atom is 0.417 e. The molecule has 2 aromatic rings. The van der Waals surface area contributed by atoms with Crippen molar-refractivity contribution < 1.29 is 22.8 Å². The summed E-state index contributed by atoms with van der Waals surface area (Å²) in [6.07, 6.45) is -4.68. The predicted molar refractivity (Wildman–Crippen MR) is 77.8 cm³/mol. The quantitative estimate of drug-likeness (QED) is 0.821. The molecule has 4 nitrogen and oxygen atoms in total. The van der Waals surface area contributed by atoms with Crippen LogP contribution in [0.2, 0.25) is 5.02 Å². The summed E-state index contributed by atoms with van der Waals surface area (Å²) in [5.41, 5.74) is 2.36. The minimum absolute atomic E-state index is 0.0820. The zero-order valence-electron chi connectivity index (χ0n) is 11.4. The van der Waals surface area contributed by atoms with Crippen LogP contribution in [0, 0.1) is 0 Å². The van der Waals surface area contributed by atoms with Gasteiger partial charge in [0.15, 0.2) is 0 Å². The van der Waals surface area contributed by atoms with E-state index in [0.29, 0.717) is 0 Å². The smallest absolute Gasteiger partial charge is 0.267 e. The van der Waals surface area contributed by atoms with E-state index in [1.807, 2.05) is 10.9 Å². The molecule has 0 heterocycles. The lowest BCUT2D eigenvalue weighted by molar-refractivity contribution is -0.137. The Morgan fingerprint density at radius 1 is 0.826 bits per heavy atom. The van der Waals surface area contributed by atoms with E-state index in [2.05, 4.69) is 0 Å². The average Bonchev–Trinajstić information content (AvgIpc) is 2.52. The van der Waals surface area contributed by atoms with E-state index in [1.54, 1.807) is 12.1 Å². The summed E-state index contributed by atoms with van der Waals surface area (Å²) in [4.78, 5) is 23.7. The highest BCUT2D eigenvalue weighted by atomic mass is 35.5. The fraction of sp³-hybridized carbons (Fsp3) is 0.0667. The number of benzene rings is 2. The van der Waals surface area contributed by atoms with Crippen LogP contribution in [0.25, 0.3) is 0 Å². The summed E-state index contributed by atoms with van der Waals surface area (Å²) in [5, 5.41) is 0.148. The van der Waals surface area contributed by atoms with Crippen molar-refractivity contribution in [1.29, 1.82) is 0 Å². The highest BCUT2D eigenvalue weighted by molar-refractivity contribution is 6.33. The summed E-state index contributed by atoms with van der Waals surface area (Å²) in [7, 11) is 0. The van der Waals surface area contributed by atoms with Crippen molar-refractivity contribution in [2.45, 2.75) is 6.18 Å². The molecule has 2 N–H and O–H groups in total. The van der Waals surface area contributed by atoms with E-state index in [0.717, 1.165) is 12.1 Å². The van der Waals surface area contributed by atoms with Gasteiger partial charge in [0.2, 0.25) is 0 Å². The lowest BCUT2D eigenvalue weighted by Gasteiger charge is -2.13. The number of alkyl halides is 3. The predicted octanol–water partition coefficient (Wildman–Crippen LogP) is 3.43. The number of amides is 2. The van der Waals surface area contributed by atoms with Crippen LogP contribution in [-0.4, -0.2) is 11.8 Å². The van der Waals surface area contributed by atoms with Gasteiger partial charge in [0.25, 0.3) is 11.8 Å². The molecule has 0 radical (unpaired) electrons. The molecule has 2 aromatic carbocycles. The summed E-state index contributed by atoms with van der Waals surface area (Å²) in [6.45, 7) is 0. The van der Waals surface area contributed by atoms with Gasteiger partial charge in [-0.25, -0.2) is 0 Å². The Hall–Kier alpha value is -2.54. The van der Waals surface area contributed by atoms with Crippen LogP contribution < -0.4 is 10.9 Å². The minimum Gasteiger partial charge on any atom is -0.267 e. The molecular formula is C15H10ClF3N2O2. The Bertz CT molecular complexity index is 747. The van der Waals surface area contributed by atoms with Gasteiger partial charge in [-0.3, -0.25) is 20.4 Å². The monoisotopic (exact) mass is 342 g/mol. The second-order valence-corrected chi connectivity index (χ2v) is 4.84. The molecule has 0 unspecified atom stereocenters. The van der Waals surface area contributed by atoms with Crippen molar-refractivity contribution in [3.63, 3.8) is 0 Å². The molecule has 23 heavy (non-hydrogen) atoms. The number of hydrazine groups is 1. The van der Waals surface area contributed by atoms with Gasteiger partial charge >= 0.3 is 6.18 Å². The fourth-order valence-electron chi connectivity index (χ4n) is 1.82. The first kappa shape index (κ1) is 16.8. The van der Waals surface area contributed by atoms with Crippen LogP contribution in [0.4, 0.5) is 13.2 Å². The van der Waals surface area contributed by atoms with Crippen LogP contribution in [0.5, 0.6) is 0 Å². The molecular weight excluding hydrogens is 333 g/mol. The van der Waals surface area contributed by atoms with Crippen LogP contribution in [0.3, 0.4) is 0 Å². The molecule has 2 amide bonds. The van der Waals surface area contributed by atoms with Gasteiger partial charge < -0.3 is 0 Å². The van der Waals surface area contributed by atoms with Crippen molar-refractivity contribution >= 4 is 23.4 Å². The van der Waals surface area contributed by atoms with Gasteiger partial charge in [-0.1, -0.05) is 35.9 Å². The summed E-state index contributed by atoms with van der Waals surface area (Å²) < 4.78 is 38.5. The molecule has 0 saturated heterocycles. The Labute approximate surface area is 134 Å². The van der Waals surface area contributed by atoms with E-state index in [4.69, 9.17) is 11.6 Å². The molecule has 8 heteroatoms. The third-order valence-electron chi connectivity index (χ3n) is 2.89. The van der Waals surface area contributed by atoms with Crippen molar-refractivity contribution in [3.05, 3.63) is 70.2 Å². The molecule has 0 fully saturated rings. The summed E-state index contributed by atoms with van der Waals surface area (Å²) in [5.74, 6) is -1.83. The molecule has 0 saturated carbocycles. The first-order valence-electron chi connectivity index (χ1n) is 6.32. The Morgan fingerprint density at radius 3 is 1.87 bits per heavy atom. The standard InChI is InChI=1S/C15H10ClF3N2O2/c16-12-8-4-2-6-10(12)14(23)21-20-13(22)9-5-1-3-7-11(9)15(17,18)19/h1-8H,(H,20,22)(H,21,23). The number of rotatable bonds is 2. The molecule has 0 aliphatic carbocycles. The van der Waals surface area contributed by atoms with Gasteiger partial charge in [0.1, 0.15) is 0 Å². The molecule has 2 rings (SSSR count). The fourth-order valence-corrected chi connectivity index (χ4v) is 2.04. The summed E-state index contributed by atoms with van der Waals surface area (Å²) >= 11 is 5.81. The lowest BCUT2D eigenvalue weighted by Crippen LogP contribution is -2.42. The number of hydrogen-bond acceptors (Lipinski definition) is 2. The second-order valence-electron chi connectivity index (χ2n) is 4.43. The Kier molecular flexibility index (Phi) is 4.90. The molecule has 0 aromatic heterocycles. The summed E-state index contributed by atoms with van der Waals surface area (Å²) in [6, 6.07) is 10.3. The number of carbonyl (C=O) groups is 2. The van der Waals surface area contributed by atoms with E-state index in [9.17, 15) is 22.8 Å². The highest BCUT2D eigenvalue weighted by Crippen LogP contribution is 2.31. The van der Waals surface area contributed by atoms with E-state index >= 15 is 0 Å². The average molecular weight is 343 g/mol. The lowest BCUT2D eigenvalue weighted by atomic mass is 10.1. The number of nitrogens with one attached hydrogen (secondary N) is 2. The second kappa shape index (κ2) is 6.70. The highest BCUT2D eigenvalue weighted by Gasteiger charge is 2.34. The SMILES string of the molecule is O=C(NNC(=O)c1ccccc1C(F)(F)F)c1ccccc1Cl. The molecule has 0 aliphatic heterocycles. The van der Waals surface area contributed by atoms with Crippen LogP contribution in [0.1, 0.15) is 26.3 Å². The number of halogens is 4. The minimum atomic E-state index is -4.68. The topological polar surface area (TPSA) is 58.2 Å². The van der Waals surface area contributed by atoms with Crippen LogP contribution in [-0.2, 0) is 6.18 Å². The van der Waals surface area contributed by atoms with Gasteiger partial charge in [0, 0.05) is 0 Å². The van der Waals surface area contributed by atoms with Gasteiger partial charge in [-0.2, -0.15) is 13.2 Å². The van der Waals surface area contributed by atoms with Crippen LogP contribution >= 0.6 is 11.6 Å².